The Morgan fingerprint density at radius 2 is 1.88 bits per heavy atom. The van der Waals surface area contributed by atoms with Crippen molar-refractivity contribution in [1.29, 1.82) is 0 Å². The molecule has 3 aromatic rings. The predicted molar refractivity (Wildman–Crippen MR) is 100 cm³/mol. The highest BCUT2D eigenvalue weighted by molar-refractivity contribution is 5.93. The number of benzene rings is 2. The van der Waals surface area contributed by atoms with E-state index in [4.69, 9.17) is 0 Å². The minimum atomic E-state index is -0.0263. The Bertz CT molecular complexity index is 917. The van der Waals surface area contributed by atoms with E-state index in [1.165, 1.54) is 11.1 Å². The Kier molecular flexibility index (Phi) is 3.94. The molecule has 25 heavy (non-hydrogen) atoms. The zero-order valence-electron chi connectivity index (χ0n) is 13.8. The first kappa shape index (κ1) is 15.4. The summed E-state index contributed by atoms with van der Waals surface area (Å²) in [6, 6.07) is 18.1. The van der Waals surface area contributed by atoms with Crippen molar-refractivity contribution >= 4 is 17.8 Å². The molecule has 4 heteroatoms. The third-order valence-electron chi connectivity index (χ3n) is 4.68. The zero-order valence-corrected chi connectivity index (χ0v) is 13.8. The van der Waals surface area contributed by atoms with Crippen LogP contribution in [0.3, 0.4) is 0 Å². The molecule has 0 saturated carbocycles. The van der Waals surface area contributed by atoms with E-state index in [9.17, 15) is 4.79 Å². The monoisotopic (exact) mass is 329 g/mol. The largest absolute Gasteiger partial charge is 0.309 e. The molecule has 1 amide bonds. The average Bonchev–Trinajstić information content (AvgIpc) is 3.28. The van der Waals surface area contributed by atoms with Crippen molar-refractivity contribution < 1.29 is 4.79 Å². The standard InChI is InChI=1S/C21H19N3O/c1-2-14-6-5-9-17(10-14)19-13-20(24-23-19)22-21(25)18-11-15-7-3-4-8-16(15)12-18/h2-10,13,18H,1,11-12H2,(H2,22,23,24,25). The first-order valence-corrected chi connectivity index (χ1v) is 8.39. The SMILES string of the molecule is C=Cc1cccc(-c2cc(NC(=O)C3Cc4ccccc4C3)n[nH]2)c1. The molecule has 0 atom stereocenters. The number of aromatic amines is 1. The van der Waals surface area contributed by atoms with Crippen molar-refractivity contribution in [1.82, 2.24) is 10.2 Å². The summed E-state index contributed by atoms with van der Waals surface area (Å²) in [5.74, 6) is 0.552. The van der Waals surface area contributed by atoms with Gasteiger partial charge in [-0.3, -0.25) is 9.89 Å². The van der Waals surface area contributed by atoms with Gasteiger partial charge in [0.25, 0.3) is 0 Å². The van der Waals surface area contributed by atoms with Crippen molar-refractivity contribution in [2.45, 2.75) is 12.8 Å². The normalized spacial score (nSPS) is 13.4. The molecule has 0 saturated heterocycles. The number of carbonyl (C=O) groups excluding carboxylic acids is 1. The zero-order chi connectivity index (χ0) is 17.2. The van der Waals surface area contributed by atoms with E-state index in [1.54, 1.807) is 6.08 Å². The number of fused-ring (bicyclic) bond motifs is 1. The van der Waals surface area contributed by atoms with Crippen LogP contribution in [0.15, 0.2) is 61.2 Å². The van der Waals surface area contributed by atoms with Gasteiger partial charge in [0.2, 0.25) is 5.91 Å². The highest BCUT2D eigenvalue weighted by Gasteiger charge is 2.27. The number of hydrogen-bond donors (Lipinski definition) is 2. The van der Waals surface area contributed by atoms with Crippen molar-refractivity contribution in [3.05, 3.63) is 77.9 Å². The topological polar surface area (TPSA) is 57.8 Å². The third-order valence-corrected chi connectivity index (χ3v) is 4.68. The van der Waals surface area contributed by atoms with Gasteiger partial charge in [0.05, 0.1) is 5.69 Å². The lowest BCUT2D eigenvalue weighted by Gasteiger charge is -2.07. The lowest BCUT2D eigenvalue weighted by molar-refractivity contribution is -0.119. The summed E-state index contributed by atoms with van der Waals surface area (Å²) >= 11 is 0. The molecule has 0 spiro atoms. The lowest BCUT2D eigenvalue weighted by Crippen LogP contribution is -2.23. The van der Waals surface area contributed by atoms with E-state index >= 15 is 0 Å². The quantitative estimate of drug-likeness (QED) is 0.758. The molecule has 4 nitrogen and oxygen atoms in total. The fraction of sp³-hybridized carbons (Fsp3) is 0.143. The molecule has 0 fully saturated rings. The summed E-state index contributed by atoms with van der Waals surface area (Å²) in [7, 11) is 0. The Morgan fingerprint density at radius 3 is 2.60 bits per heavy atom. The van der Waals surface area contributed by atoms with Crippen LogP contribution in [0.25, 0.3) is 17.3 Å². The van der Waals surface area contributed by atoms with E-state index in [2.05, 4.69) is 34.2 Å². The molecule has 1 aromatic heterocycles. The van der Waals surface area contributed by atoms with Crippen molar-refractivity contribution in [2.24, 2.45) is 5.92 Å². The number of aromatic nitrogens is 2. The lowest BCUT2D eigenvalue weighted by atomic mass is 10.1. The molecule has 0 aliphatic heterocycles. The van der Waals surface area contributed by atoms with Gasteiger partial charge in [-0.2, -0.15) is 5.10 Å². The van der Waals surface area contributed by atoms with Crippen LogP contribution in [0.1, 0.15) is 16.7 Å². The fourth-order valence-corrected chi connectivity index (χ4v) is 3.34. The average molecular weight is 329 g/mol. The molecule has 0 radical (unpaired) electrons. The van der Waals surface area contributed by atoms with Crippen molar-refractivity contribution in [2.75, 3.05) is 5.32 Å². The number of nitrogens with one attached hydrogen (secondary N) is 2. The third kappa shape index (κ3) is 3.11. The molecule has 0 bridgehead atoms. The minimum absolute atomic E-state index is 0.0223. The second-order valence-electron chi connectivity index (χ2n) is 6.36. The minimum Gasteiger partial charge on any atom is -0.309 e. The Morgan fingerprint density at radius 1 is 1.12 bits per heavy atom. The van der Waals surface area contributed by atoms with Crippen LogP contribution >= 0.6 is 0 Å². The molecule has 2 aromatic carbocycles. The predicted octanol–water partition coefficient (Wildman–Crippen LogP) is 4.07. The van der Waals surface area contributed by atoms with Gasteiger partial charge in [-0.15, -0.1) is 0 Å². The Labute approximate surface area is 146 Å². The molecule has 0 unspecified atom stereocenters. The number of rotatable bonds is 4. The second-order valence-corrected chi connectivity index (χ2v) is 6.36. The van der Waals surface area contributed by atoms with Crippen LogP contribution in [0.2, 0.25) is 0 Å². The van der Waals surface area contributed by atoms with Gasteiger partial charge < -0.3 is 5.32 Å². The number of carbonyl (C=O) groups is 1. The van der Waals surface area contributed by atoms with E-state index in [-0.39, 0.29) is 11.8 Å². The van der Waals surface area contributed by atoms with E-state index < -0.39 is 0 Å². The van der Waals surface area contributed by atoms with Crippen LogP contribution in [0.4, 0.5) is 5.82 Å². The number of hydrogen-bond acceptors (Lipinski definition) is 2. The molecular weight excluding hydrogens is 310 g/mol. The number of anilines is 1. The van der Waals surface area contributed by atoms with Gasteiger partial charge in [0.15, 0.2) is 5.82 Å². The summed E-state index contributed by atoms with van der Waals surface area (Å²) < 4.78 is 0. The van der Waals surface area contributed by atoms with Gasteiger partial charge in [0.1, 0.15) is 0 Å². The van der Waals surface area contributed by atoms with Gasteiger partial charge in [-0.1, -0.05) is 55.1 Å². The van der Waals surface area contributed by atoms with Crippen LogP contribution in [0.5, 0.6) is 0 Å². The first-order chi connectivity index (χ1) is 12.2. The Hall–Kier alpha value is -3.14. The summed E-state index contributed by atoms with van der Waals surface area (Å²) in [6.07, 6.45) is 3.39. The first-order valence-electron chi connectivity index (χ1n) is 8.39. The fourth-order valence-electron chi connectivity index (χ4n) is 3.34. The number of nitrogens with zero attached hydrogens (tertiary/aromatic N) is 1. The van der Waals surface area contributed by atoms with Crippen LogP contribution in [0, 0.1) is 5.92 Å². The second kappa shape index (κ2) is 6.40. The van der Waals surface area contributed by atoms with E-state index in [1.807, 2.05) is 42.5 Å². The highest BCUT2D eigenvalue weighted by Crippen LogP contribution is 2.28. The van der Waals surface area contributed by atoms with Crippen LogP contribution < -0.4 is 5.32 Å². The molecule has 2 N–H and O–H groups in total. The highest BCUT2D eigenvalue weighted by atomic mass is 16.2. The van der Waals surface area contributed by atoms with Crippen LogP contribution in [-0.4, -0.2) is 16.1 Å². The summed E-state index contributed by atoms with van der Waals surface area (Å²) in [6.45, 7) is 3.79. The molecule has 1 aliphatic carbocycles. The van der Waals surface area contributed by atoms with Crippen molar-refractivity contribution in [3.8, 4) is 11.3 Å². The summed E-state index contributed by atoms with van der Waals surface area (Å²) in [4.78, 5) is 12.6. The smallest absolute Gasteiger partial charge is 0.229 e. The maximum Gasteiger partial charge on any atom is 0.229 e. The van der Waals surface area contributed by atoms with Gasteiger partial charge >= 0.3 is 0 Å². The summed E-state index contributed by atoms with van der Waals surface area (Å²) in [5, 5.41) is 10.1. The maximum atomic E-state index is 12.6. The maximum absolute atomic E-state index is 12.6. The molecule has 1 aliphatic rings. The van der Waals surface area contributed by atoms with E-state index in [0.29, 0.717) is 5.82 Å². The van der Waals surface area contributed by atoms with Gasteiger partial charge in [0, 0.05) is 17.5 Å². The molecular formula is C21H19N3O. The number of H-pyrrole nitrogens is 1. The van der Waals surface area contributed by atoms with E-state index in [0.717, 1.165) is 29.7 Å². The van der Waals surface area contributed by atoms with Gasteiger partial charge in [-0.25, -0.2) is 0 Å². The molecule has 1 heterocycles. The van der Waals surface area contributed by atoms with Crippen molar-refractivity contribution in [3.63, 3.8) is 0 Å². The van der Waals surface area contributed by atoms with Crippen LogP contribution in [-0.2, 0) is 17.6 Å². The summed E-state index contributed by atoms with van der Waals surface area (Å²) in [5.41, 5.74) is 5.46. The Balaban J connectivity index is 1.46. The molecule has 124 valence electrons. The molecule has 4 rings (SSSR count). The van der Waals surface area contributed by atoms with Gasteiger partial charge in [-0.05, 0) is 35.6 Å². The number of amides is 1.